The van der Waals surface area contributed by atoms with Gasteiger partial charge in [-0.1, -0.05) is 24.3 Å². The summed E-state index contributed by atoms with van der Waals surface area (Å²) in [4.78, 5) is 12.8. The van der Waals surface area contributed by atoms with Crippen LogP contribution in [0.25, 0.3) is 0 Å². The molecular weight excluding hydrogens is 287 g/mol. The number of para-hydroxylation sites is 2. The number of nitrogens with one attached hydrogen (secondary N) is 1. The highest BCUT2D eigenvalue weighted by molar-refractivity contribution is 7.99. The largest absolute Gasteiger partial charge is 0.398 e. The number of anilines is 2. The van der Waals surface area contributed by atoms with Crippen LogP contribution in [0.4, 0.5) is 15.8 Å². The number of halogens is 1. The van der Waals surface area contributed by atoms with Crippen LogP contribution in [0.5, 0.6) is 0 Å². The SMILES string of the molecule is Cc1cccc(SCCC(=O)Nc2ccccc2F)c1N. The predicted octanol–water partition coefficient (Wildman–Crippen LogP) is 3.84. The predicted molar refractivity (Wildman–Crippen MR) is 86.0 cm³/mol. The molecule has 0 aromatic heterocycles. The average molecular weight is 304 g/mol. The zero-order valence-corrected chi connectivity index (χ0v) is 12.5. The van der Waals surface area contributed by atoms with Crippen molar-refractivity contribution < 1.29 is 9.18 Å². The molecule has 0 aliphatic rings. The summed E-state index contributed by atoms with van der Waals surface area (Å²) in [7, 11) is 0. The summed E-state index contributed by atoms with van der Waals surface area (Å²) in [5.74, 6) is -0.0474. The fourth-order valence-electron chi connectivity index (χ4n) is 1.81. The van der Waals surface area contributed by atoms with Crippen LogP contribution in [0.1, 0.15) is 12.0 Å². The van der Waals surface area contributed by atoms with Crippen LogP contribution in [0.2, 0.25) is 0 Å². The van der Waals surface area contributed by atoms with E-state index in [1.165, 1.54) is 17.8 Å². The summed E-state index contributed by atoms with van der Waals surface area (Å²) in [6.07, 6.45) is 0.298. The molecule has 0 aliphatic heterocycles. The van der Waals surface area contributed by atoms with Crippen LogP contribution in [0.15, 0.2) is 47.4 Å². The van der Waals surface area contributed by atoms with Crippen molar-refractivity contribution in [3.05, 3.63) is 53.8 Å². The second-order valence-electron chi connectivity index (χ2n) is 4.61. The van der Waals surface area contributed by atoms with Crippen LogP contribution in [0.3, 0.4) is 0 Å². The molecule has 3 nitrogen and oxygen atoms in total. The molecule has 1 amide bonds. The van der Waals surface area contributed by atoms with Crippen LogP contribution >= 0.6 is 11.8 Å². The summed E-state index contributed by atoms with van der Waals surface area (Å²) >= 11 is 1.52. The Balaban J connectivity index is 1.85. The van der Waals surface area contributed by atoms with E-state index >= 15 is 0 Å². The van der Waals surface area contributed by atoms with Crippen molar-refractivity contribution in [3.8, 4) is 0 Å². The van der Waals surface area contributed by atoms with Gasteiger partial charge < -0.3 is 11.1 Å². The van der Waals surface area contributed by atoms with E-state index < -0.39 is 5.82 Å². The number of carbonyl (C=O) groups excluding carboxylic acids is 1. The molecule has 5 heteroatoms. The summed E-state index contributed by atoms with van der Waals surface area (Å²) < 4.78 is 13.4. The summed E-state index contributed by atoms with van der Waals surface area (Å²) in [6.45, 7) is 1.95. The maximum Gasteiger partial charge on any atom is 0.225 e. The smallest absolute Gasteiger partial charge is 0.225 e. The number of benzene rings is 2. The molecule has 0 fully saturated rings. The Morgan fingerprint density at radius 3 is 2.76 bits per heavy atom. The van der Waals surface area contributed by atoms with Crippen LogP contribution in [-0.4, -0.2) is 11.7 Å². The number of rotatable bonds is 5. The number of carbonyl (C=O) groups is 1. The Kier molecular flexibility index (Phi) is 5.22. The van der Waals surface area contributed by atoms with Crippen molar-refractivity contribution in [2.75, 3.05) is 16.8 Å². The minimum atomic E-state index is -0.429. The third-order valence-electron chi connectivity index (χ3n) is 3.02. The lowest BCUT2D eigenvalue weighted by molar-refractivity contribution is -0.115. The Bertz CT molecular complexity index is 646. The number of nitrogen functional groups attached to an aromatic ring is 1. The molecule has 3 N–H and O–H groups in total. The fourth-order valence-corrected chi connectivity index (χ4v) is 2.81. The van der Waals surface area contributed by atoms with Gasteiger partial charge in [0, 0.05) is 22.8 Å². The van der Waals surface area contributed by atoms with Gasteiger partial charge in [-0.3, -0.25) is 4.79 Å². The van der Waals surface area contributed by atoms with Gasteiger partial charge in [0.2, 0.25) is 5.91 Å². The van der Waals surface area contributed by atoms with Gasteiger partial charge in [-0.25, -0.2) is 4.39 Å². The van der Waals surface area contributed by atoms with E-state index in [0.29, 0.717) is 12.2 Å². The van der Waals surface area contributed by atoms with Gasteiger partial charge in [-0.05, 0) is 30.7 Å². The van der Waals surface area contributed by atoms with E-state index in [4.69, 9.17) is 5.73 Å². The maximum atomic E-state index is 13.4. The minimum Gasteiger partial charge on any atom is -0.398 e. The lowest BCUT2D eigenvalue weighted by atomic mass is 10.2. The van der Waals surface area contributed by atoms with E-state index in [0.717, 1.165) is 16.1 Å². The molecule has 2 aromatic carbocycles. The molecule has 0 saturated carbocycles. The van der Waals surface area contributed by atoms with Gasteiger partial charge in [-0.15, -0.1) is 11.8 Å². The molecule has 110 valence electrons. The maximum absolute atomic E-state index is 13.4. The average Bonchev–Trinajstić information content (AvgIpc) is 2.46. The quantitative estimate of drug-likeness (QED) is 0.652. The van der Waals surface area contributed by atoms with E-state index in [9.17, 15) is 9.18 Å². The lowest BCUT2D eigenvalue weighted by Crippen LogP contribution is -2.13. The second-order valence-corrected chi connectivity index (χ2v) is 5.75. The highest BCUT2D eigenvalue weighted by Crippen LogP contribution is 2.27. The number of hydrogen-bond acceptors (Lipinski definition) is 3. The van der Waals surface area contributed by atoms with Crippen molar-refractivity contribution in [1.29, 1.82) is 0 Å². The number of amides is 1. The molecule has 0 radical (unpaired) electrons. The van der Waals surface area contributed by atoms with Crippen LogP contribution in [-0.2, 0) is 4.79 Å². The first kappa shape index (κ1) is 15.4. The Morgan fingerprint density at radius 2 is 2.00 bits per heavy atom. The molecule has 0 bridgehead atoms. The van der Waals surface area contributed by atoms with Gasteiger partial charge in [0.15, 0.2) is 0 Å². The van der Waals surface area contributed by atoms with Gasteiger partial charge in [0.25, 0.3) is 0 Å². The number of thioether (sulfide) groups is 1. The van der Waals surface area contributed by atoms with E-state index in [2.05, 4.69) is 5.32 Å². The van der Waals surface area contributed by atoms with Crippen molar-refractivity contribution in [3.63, 3.8) is 0 Å². The highest BCUT2D eigenvalue weighted by atomic mass is 32.2. The van der Waals surface area contributed by atoms with E-state index in [-0.39, 0.29) is 11.6 Å². The molecular formula is C16H17FN2OS. The second kappa shape index (κ2) is 7.13. The van der Waals surface area contributed by atoms with Crippen molar-refractivity contribution in [2.45, 2.75) is 18.2 Å². The summed E-state index contributed by atoms with van der Waals surface area (Å²) in [5.41, 5.74) is 7.95. The molecule has 21 heavy (non-hydrogen) atoms. The van der Waals surface area contributed by atoms with Gasteiger partial charge in [0.05, 0.1) is 5.69 Å². The number of aryl methyl sites for hydroxylation is 1. The summed E-state index contributed by atoms with van der Waals surface area (Å²) in [5, 5.41) is 2.56. The molecule has 0 spiro atoms. The van der Waals surface area contributed by atoms with E-state index in [1.54, 1.807) is 18.2 Å². The molecule has 0 unspecified atom stereocenters. The fraction of sp³-hybridized carbons (Fsp3) is 0.188. The van der Waals surface area contributed by atoms with Crippen LogP contribution < -0.4 is 11.1 Å². The minimum absolute atomic E-state index is 0.209. The molecule has 2 rings (SSSR count). The molecule has 0 heterocycles. The Morgan fingerprint density at radius 1 is 1.24 bits per heavy atom. The topological polar surface area (TPSA) is 55.1 Å². The standard InChI is InChI=1S/C16H17FN2OS/c1-11-5-4-8-14(16(11)18)21-10-9-15(20)19-13-7-3-2-6-12(13)17/h2-8H,9-10,18H2,1H3,(H,19,20). The van der Waals surface area contributed by atoms with Gasteiger partial charge in [0.1, 0.15) is 5.82 Å². The highest BCUT2D eigenvalue weighted by Gasteiger charge is 2.07. The zero-order valence-electron chi connectivity index (χ0n) is 11.7. The Hall–Kier alpha value is -2.01. The van der Waals surface area contributed by atoms with E-state index in [1.807, 2.05) is 25.1 Å². The zero-order chi connectivity index (χ0) is 15.2. The first-order valence-electron chi connectivity index (χ1n) is 6.60. The first-order chi connectivity index (χ1) is 10.1. The van der Waals surface area contributed by atoms with Gasteiger partial charge in [-0.2, -0.15) is 0 Å². The normalized spacial score (nSPS) is 10.4. The first-order valence-corrected chi connectivity index (χ1v) is 7.59. The molecule has 0 aliphatic carbocycles. The number of nitrogens with two attached hydrogens (primary N) is 1. The van der Waals surface area contributed by atoms with Gasteiger partial charge >= 0.3 is 0 Å². The lowest BCUT2D eigenvalue weighted by Gasteiger charge is -2.08. The molecule has 0 saturated heterocycles. The van der Waals surface area contributed by atoms with Crippen molar-refractivity contribution in [2.24, 2.45) is 0 Å². The van der Waals surface area contributed by atoms with Crippen LogP contribution in [0, 0.1) is 12.7 Å². The monoisotopic (exact) mass is 304 g/mol. The van der Waals surface area contributed by atoms with Crippen molar-refractivity contribution >= 4 is 29.0 Å². The Labute approximate surface area is 127 Å². The third kappa shape index (κ3) is 4.23. The summed E-state index contributed by atoms with van der Waals surface area (Å²) in [6, 6.07) is 11.9. The molecule has 2 aromatic rings. The number of hydrogen-bond donors (Lipinski definition) is 2. The third-order valence-corrected chi connectivity index (χ3v) is 4.09. The molecule has 0 atom stereocenters. The van der Waals surface area contributed by atoms with Crippen molar-refractivity contribution in [1.82, 2.24) is 0 Å².